The highest BCUT2D eigenvalue weighted by Gasteiger charge is 2.23. The summed E-state index contributed by atoms with van der Waals surface area (Å²) in [5.41, 5.74) is 14.7. The summed E-state index contributed by atoms with van der Waals surface area (Å²) in [6, 6.07) is 10.8. The Labute approximate surface area is 185 Å². The number of fused-ring (bicyclic) bond motifs is 1. The number of hydrogen-bond acceptors (Lipinski definition) is 5. The van der Waals surface area contributed by atoms with Crippen molar-refractivity contribution in [2.75, 3.05) is 11.1 Å². The molecule has 0 radical (unpaired) electrons. The molecule has 1 aliphatic rings. The van der Waals surface area contributed by atoms with Crippen molar-refractivity contribution in [3.8, 4) is 0 Å². The van der Waals surface area contributed by atoms with E-state index in [1.165, 1.54) is 0 Å². The number of aromatic nitrogens is 2. The summed E-state index contributed by atoms with van der Waals surface area (Å²) in [7, 11) is 0. The molecular formula is C23H26ClN5O2. The van der Waals surface area contributed by atoms with Crippen LogP contribution in [0.4, 0.5) is 11.6 Å². The maximum atomic E-state index is 11.7. The molecular weight excluding hydrogens is 414 g/mol. The topological polar surface area (TPSA) is 119 Å². The van der Waals surface area contributed by atoms with Crippen LogP contribution in [0, 0.1) is 5.92 Å². The number of nitrogen functional groups attached to an aromatic ring is 1. The molecule has 0 saturated heterocycles. The van der Waals surface area contributed by atoms with Gasteiger partial charge in [-0.1, -0.05) is 42.0 Å². The Kier molecular flexibility index (Phi) is 6.15. The molecule has 6 N–H and O–H groups in total. The average molecular weight is 440 g/mol. The molecule has 1 aromatic heterocycles. The molecule has 162 valence electrons. The summed E-state index contributed by atoms with van der Waals surface area (Å²) in [6.07, 6.45) is 6.21. The molecule has 31 heavy (non-hydrogen) atoms. The Hall–Kier alpha value is -3.03. The SMILES string of the molecule is NC(=O)c1cc(N)c2c(c1)nc(NCc1ccccc1Cl)n2C[C@@H]1CCCC=C[C@@H]1O. The lowest BCUT2D eigenvalue weighted by molar-refractivity contribution is 0.100. The van der Waals surface area contributed by atoms with Crippen LogP contribution in [-0.2, 0) is 13.1 Å². The van der Waals surface area contributed by atoms with Crippen LogP contribution in [0.1, 0.15) is 35.2 Å². The fraction of sp³-hybridized carbons (Fsp3) is 0.304. The second-order valence-corrected chi connectivity index (χ2v) is 8.31. The molecule has 8 heteroatoms. The van der Waals surface area contributed by atoms with Crippen molar-refractivity contribution in [2.45, 2.75) is 38.5 Å². The number of amides is 1. The highest BCUT2D eigenvalue weighted by molar-refractivity contribution is 6.31. The Morgan fingerprint density at radius 2 is 2.13 bits per heavy atom. The van der Waals surface area contributed by atoms with Gasteiger partial charge in [0.25, 0.3) is 0 Å². The molecule has 1 heterocycles. The van der Waals surface area contributed by atoms with E-state index in [1.807, 2.05) is 41.0 Å². The standard InChI is InChI=1S/C23H26ClN5O2/c24-17-8-5-4-6-14(17)12-27-23-28-19-11-16(22(26)31)10-18(25)21(19)29(23)13-15-7-2-1-3-9-20(15)30/h3-6,8-11,15,20,30H,1-2,7,12-13,25H2,(H2,26,31)(H,27,28)/t15-,20-/m0/s1. The first kappa shape index (κ1) is 21.2. The number of carbonyl (C=O) groups is 1. The smallest absolute Gasteiger partial charge is 0.248 e. The number of carbonyl (C=O) groups excluding carboxylic acids is 1. The number of aliphatic hydroxyl groups excluding tert-OH is 1. The number of nitrogens with one attached hydrogen (secondary N) is 1. The van der Waals surface area contributed by atoms with E-state index < -0.39 is 12.0 Å². The molecule has 0 unspecified atom stereocenters. The number of nitrogens with two attached hydrogens (primary N) is 2. The minimum atomic E-state index is -0.557. The molecule has 0 aliphatic heterocycles. The van der Waals surface area contributed by atoms with Crippen molar-refractivity contribution in [2.24, 2.45) is 11.7 Å². The first-order chi connectivity index (χ1) is 14.9. The largest absolute Gasteiger partial charge is 0.397 e. The molecule has 0 bridgehead atoms. The fourth-order valence-electron chi connectivity index (χ4n) is 4.07. The van der Waals surface area contributed by atoms with E-state index in [-0.39, 0.29) is 5.92 Å². The Bertz CT molecular complexity index is 1140. The van der Waals surface area contributed by atoms with Crippen molar-refractivity contribution < 1.29 is 9.90 Å². The normalized spacial score (nSPS) is 18.8. The number of anilines is 2. The van der Waals surface area contributed by atoms with E-state index >= 15 is 0 Å². The molecule has 3 aromatic rings. The molecule has 7 nitrogen and oxygen atoms in total. The number of aliphatic hydroxyl groups is 1. The number of benzene rings is 2. The van der Waals surface area contributed by atoms with Crippen LogP contribution in [0.25, 0.3) is 11.0 Å². The van der Waals surface area contributed by atoms with Crippen LogP contribution in [0.2, 0.25) is 5.02 Å². The van der Waals surface area contributed by atoms with Crippen LogP contribution in [0.15, 0.2) is 48.6 Å². The van der Waals surface area contributed by atoms with Gasteiger partial charge in [0.2, 0.25) is 11.9 Å². The summed E-state index contributed by atoms with van der Waals surface area (Å²) in [6.45, 7) is 1.01. The molecule has 2 atom stereocenters. The van der Waals surface area contributed by atoms with Gasteiger partial charge in [-0.05, 0) is 43.0 Å². The van der Waals surface area contributed by atoms with E-state index in [9.17, 15) is 9.90 Å². The van der Waals surface area contributed by atoms with Gasteiger partial charge in [0.15, 0.2) is 0 Å². The Balaban J connectivity index is 1.74. The van der Waals surface area contributed by atoms with E-state index in [2.05, 4.69) is 5.32 Å². The summed E-state index contributed by atoms with van der Waals surface area (Å²) in [4.78, 5) is 16.4. The summed E-state index contributed by atoms with van der Waals surface area (Å²) >= 11 is 6.30. The Morgan fingerprint density at radius 1 is 1.32 bits per heavy atom. The Morgan fingerprint density at radius 3 is 2.90 bits per heavy atom. The molecule has 2 aromatic carbocycles. The zero-order valence-corrected chi connectivity index (χ0v) is 17.8. The summed E-state index contributed by atoms with van der Waals surface area (Å²) < 4.78 is 1.99. The van der Waals surface area contributed by atoms with Gasteiger partial charge in [-0.25, -0.2) is 4.98 Å². The second-order valence-electron chi connectivity index (χ2n) is 7.90. The van der Waals surface area contributed by atoms with Gasteiger partial charge in [0.1, 0.15) is 0 Å². The molecule has 4 rings (SSSR count). The van der Waals surface area contributed by atoms with E-state index in [0.717, 1.165) is 24.8 Å². The monoisotopic (exact) mass is 439 g/mol. The van der Waals surface area contributed by atoms with Gasteiger partial charge >= 0.3 is 0 Å². The van der Waals surface area contributed by atoms with Gasteiger partial charge in [0.05, 0.1) is 22.8 Å². The van der Waals surface area contributed by atoms with Crippen molar-refractivity contribution in [3.05, 3.63) is 64.7 Å². The minimum Gasteiger partial charge on any atom is -0.397 e. The molecule has 1 amide bonds. The van der Waals surface area contributed by atoms with Crippen LogP contribution in [-0.4, -0.2) is 26.7 Å². The molecule has 0 spiro atoms. The lowest BCUT2D eigenvalue weighted by Gasteiger charge is -2.22. The van der Waals surface area contributed by atoms with Gasteiger partial charge in [-0.3, -0.25) is 4.79 Å². The zero-order chi connectivity index (χ0) is 22.0. The first-order valence-electron chi connectivity index (χ1n) is 10.4. The van der Waals surface area contributed by atoms with Gasteiger partial charge in [-0.15, -0.1) is 0 Å². The van der Waals surface area contributed by atoms with Crippen LogP contribution >= 0.6 is 11.6 Å². The predicted molar refractivity (Wildman–Crippen MR) is 124 cm³/mol. The van der Waals surface area contributed by atoms with Crippen molar-refractivity contribution in [1.82, 2.24) is 9.55 Å². The number of allylic oxidation sites excluding steroid dienone is 1. The maximum Gasteiger partial charge on any atom is 0.248 e. The summed E-state index contributed by atoms with van der Waals surface area (Å²) in [5, 5.41) is 14.6. The van der Waals surface area contributed by atoms with Crippen LogP contribution in [0.5, 0.6) is 0 Å². The van der Waals surface area contributed by atoms with Crippen molar-refractivity contribution in [1.29, 1.82) is 0 Å². The zero-order valence-electron chi connectivity index (χ0n) is 17.1. The minimum absolute atomic E-state index is 0.0206. The lowest BCUT2D eigenvalue weighted by Crippen LogP contribution is -2.24. The van der Waals surface area contributed by atoms with Gasteiger partial charge in [0, 0.05) is 29.6 Å². The van der Waals surface area contributed by atoms with Crippen molar-refractivity contribution >= 4 is 40.2 Å². The van der Waals surface area contributed by atoms with Crippen LogP contribution < -0.4 is 16.8 Å². The average Bonchev–Trinajstić information content (AvgIpc) is 2.96. The highest BCUT2D eigenvalue weighted by atomic mass is 35.5. The number of halogens is 1. The van der Waals surface area contributed by atoms with Crippen molar-refractivity contribution in [3.63, 3.8) is 0 Å². The highest BCUT2D eigenvalue weighted by Crippen LogP contribution is 2.31. The third kappa shape index (κ3) is 4.52. The predicted octanol–water partition coefficient (Wildman–Crippen LogP) is 3.70. The van der Waals surface area contributed by atoms with Gasteiger partial charge < -0.3 is 26.5 Å². The van der Waals surface area contributed by atoms with E-state index in [4.69, 9.17) is 28.1 Å². The maximum absolute atomic E-state index is 11.7. The number of primary amides is 1. The second kappa shape index (κ2) is 8.99. The fourth-order valence-corrected chi connectivity index (χ4v) is 4.27. The first-order valence-corrected chi connectivity index (χ1v) is 10.7. The third-order valence-corrected chi connectivity index (χ3v) is 6.10. The van der Waals surface area contributed by atoms with Gasteiger partial charge in [-0.2, -0.15) is 0 Å². The number of hydrogen-bond donors (Lipinski definition) is 4. The van der Waals surface area contributed by atoms with Crippen LogP contribution in [0.3, 0.4) is 0 Å². The lowest BCUT2D eigenvalue weighted by atomic mass is 9.98. The van der Waals surface area contributed by atoms with E-state index in [1.54, 1.807) is 12.1 Å². The molecule has 0 fully saturated rings. The number of imidazole rings is 1. The third-order valence-electron chi connectivity index (χ3n) is 5.73. The molecule has 0 saturated carbocycles. The quantitative estimate of drug-likeness (QED) is 0.345. The van der Waals surface area contributed by atoms with E-state index in [0.29, 0.717) is 46.3 Å². The summed E-state index contributed by atoms with van der Waals surface area (Å²) in [5.74, 6) is 0.0638. The number of nitrogens with zero attached hydrogens (tertiary/aromatic N) is 2. The number of rotatable bonds is 6. The molecule has 1 aliphatic carbocycles.